The van der Waals surface area contributed by atoms with Gasteiger partial charge in [-0.3, -0.25) is 14.7 Å². The highest BCUT2D eigenvalue weighted by Crippen LogP contribution is 2.07. The molecule has 1 N–H and O–H groups in total. The number of nitrogens with one attached hydrogen (secondary N) is 1. The Hall–Kier alpha value is -1.85. The van der Waals surface area contributed by atoms with Gasteiger partial charge >= 0.3 is 0 Å². The Labute approximate surface area is 93.2 Å². The zero-order chi connectivity index (χ0) is 11.5. The summed E-state index contributed by atoms with van der Waals surface area (Å²) in [5.74, 6) is -0.160. The predicted molar refractivity (Wildman–Crippen MR) is 56.7 cm³/mol. The molecule has 1 aromatic rings. The average molecular weight is 222 g/mol. The van der Waals surface area contributed by atoms with E-state index < -0.39 is 0 Å². The SMILES string of the molecule is CN1CCCN(C(=O)c2cn[nH]c2)CC1=O. The third-order valence-corrected chi connectivity index (χ3v) is 2.71. The number of amides is 2. The van der Waals surface area contributed by atoms with E-state index in [1.54, 1.807) is 23.0 Å². The van der Waals surface area contributed by atoms with Crippen molar-refractivity contribution in [1.29, 1.82) is 0 Å². The predicted octanol–water partition coefficient (Wildman–Crippen LogP) is -0.286. The summed E-state index contributed by atoms with van der Waals surface area (Å²) in [6.07, 6.45) is 3.83. The molecule has 16 heavy (non-hydrogen) atoms. The molecule has 0 aromatic carbocycles. The van der Waals surface area contributed by atoms with Gasteiger partial charge in [0.25, 0.3) is 5.91 Å². The summed E-state index contributed by atoms with van der Waals surface area (Å²) in [5.41, 5.74) is 0.498. The summed E-state index contributed by atoms with van der Waals surface area (Å²) < 4.78 is 0. The minimum atomic E-state index is -0.141. The number of rotatable bonds is 1. The van der Waals surface area contributed by atoms with Crippen LogP contribution >= 0.6 is 0 Å². The maximum absolute atomic E-state index is 12.0. The summed E-state index contributed by atoms with van der Waals surface area (Å²) in [6.45, 7) is 1.47. The van der Waals surface area contributed by atoms with Crippen LogP contribution in [-0.2, 0) is 4.79 Å². The fraction of sp³-hybridized carbons (Fsp3) is 0.500. The zero-order valence-corrected chi connectivity index (χ0v) is 9.14. The van der Waals surface area contributed by atoms with Crippen LogP contribution in [0.3, 0.4) is 0 Å². The number of hydrogen-bond acceptors (Lipinski definition) is 3. The first-order chi connectivity index (χ1) is 7.68. The van der Waals surface area contributed by atoms with Crippen LogP contribution in [0.25, 0.3) is 0 Å². The van der Waals surface area contributed by atoms with Gasteiger partial charge in [0.05, 0.1) is 11.8 Å². The van der Waals surface area contributed by atoms with E-state index in [4.69, 9.17) is 0 Å². The lowest BCUT2D eigenvalue weighted by Gasteiger charge is -2.18. The molecule has 2 amide bonds. The Morgan fingerprint density at radius 3 is 3.00 bits per heavy atom. The molecule has 1 fully saturated rings. The molecule has 86 valence electrons. The third kappa shape index (κ3) is 2.05. The van der Waals surface area contributed by atoms with Crippen molar-refractivity contribution >= 4 is 11.8 Å². The quantitative estimate of drug-likeness (QED) is 0.710. The summed E-state index contributed by atoms with van der Waals surface area (Å²) >= 11 is 0. The molecule has 2 heterocycles. The van der Waals surface area contributed by atoms with Crippen molar-refractivity contribution in [2.24, 2.45) is 0 Å². The van der Waals surface area contributed by atoms with Gasteiger partial charge in [-0.05, 0) is 6.42 Å². The molecule has 0 bridgehead atoms. The van der Waals surface area contributed by atoms with Gasteiger partial charge in [-0.1, -0.05) is 0 Å². The molecule has 0 spiro atoms. The van der Waals surface area contributed by atoms with Gasteiger partial charge in [0, 0.05) is 26.3 Å². The maximum atomic E-state index is 12.0. The molecule has 2 rings (SSSR count). The number of likely N-dealkylation sites (N-methyl/N-ethyl adjacent to an activating group) is 1. The average Bonchev–Trinajstić information content (AvgIpc) is 2.74. The van der Waals surface area contributed by atoms with Gasteiger partial charge in [-0.15, -0.1) is 0 Å². The van der Waals surface area contributed by atoms with E-state index in [0.29, 0.717) is 18.7 Å². The van der Waals surface area contributed by atoms with Crippen LogP contribution in [0.15, 0.2) is 12.4 Å². The molecule has 0 radical (unpaired) electrons. The second kappa shape index (κ2) is 4.34. The van der Waals surface area contributed by atoms with E-state index >= 15 is 0 Å². The number of aromatic amines is 1. The Bertz CT molecular complexity index is 388. The van der Waals surface area contributed by atoms with Crippen molar-refractivity contribution in [2.45, 2.75) is 6.42 Å². The number of carbonyl (C=O) groups excluding carboxylic acids is 2. The summed E-state index contributed by atoms with van der Waals surface area (Å²) in [6, 6.07) is 0. The van der Waals surface area contributed by atoms with Gasteiger partial charge in [0.1, 0.15) is 6.54 Å². The zero-order valence-electron chi connectivity index (χ0n) is 9.14. The lowest BCUT2D eigenvalue weighted by atomic mass is 10.3. The minimum Gasteiger partial charge on any atom is -0.344 e. The van der Waals surface area contributed by atoms with Crippen LogP contribution in [0.5, 0.6) is 0 Å². The monoisotopic (exact) mass is 222 g/mol. The molecule has 0 atom stereocenters. The topological polar surface area (TPSA) is 69.3 Å². The fourth-order valence-electron chi connectivity index (χ4n) is 1.71. The van der Waals surface area contributed by atoms with Gasteiger partial charge in [-0.2, -0.15) is 5.10 Å². The normalized spacial score (nSPS) is 17.4. The Morgan fingerprint density at radius 1 is 1.50 bits per heavy atom. The lowest BCUT2D eigenvalue weighted by Crippen LogP contribution is -2.37. The highest BCUT2D eigenvalue weighted by atomic mass is 16.2. The van der Waals surface area contributed by atoms with Crippen LogP contribution in [0, 0.1) is 0 Å². The van der Waals surface area contributed by atoms with Crippen molar-refractivity contribution in [3.05, 3.63) is 18.0 Å². The Kier molecular flexibility index (Phi) is 2.89. The summed E-state index contributed by atoms with van der Waals surface area (Å²) in [5, 5.41) is 6.32. The Morgan fingerprint density at radius 2 is 2.31 bits per heavy atom. The van der Waals surface area contributed by atoms with Crippen molar-refractivity contribution < 1.29 is 9.59 Å². The molecule has 0 aliphatic carbocycles. The molecule has 1 aromatic heterocycles. The standard InChI is InChI=1S/C10H14N4O2/c1-13-3-2-4-14(7-9(13)15)10(16)8-5-11-12-6-8/h5-6H,2-4,7H2,1H3,(H,11,12). The largest absolute Gasteiger partial charge is 0.344 e. The fourth-order valence-corrected chi connectivity index (χ4v) is 1.71. The van der Waals surface area contributed by atoms with E-state index in [2.05, 4.69) is 10.2 Å². The number of carbonyl (C=O) groups is 2. The second-order valence-electron chi connectivity index (χ2n) is 3.88. The van der Waals surface area contributed by atoms with Crippen LogP contribution in [-0.4, -0.2) is 58.5 Å². The Balaban J connectivity index is 2.09. The molecular formula is C10H14N4O2. The number of nitrogens with zero attached hydrogens (tertiary/aromatic N) is 3. The van der Waals surface area contributed by atoms with Crippen LogP contribution in [0.2, 0.25) is 0 Å². The van der Waals surface area contributed by atoms with Crippen LogP contribution in [0.4, 0.5) is 0 Å². The molecule has 1 aliphatic heterocycles. The van der Waals surface area contributed by atoms with E-state index in [9.17, 15) is 9.59 Å². The highest BCUT2D eigenvalue weighted by molar-refractivity contribution is 5.96. The van der Waals surface area contributed by atoms with E-state index in [1.807, 2.05) is 0 Å². The highest BCUT2D eigenvalue weighted by Gasteiger charge is 2.23. The maximum Gasteiger partial charge on any atom is 0.257 e. The van der Waals surface area contributed by atoms with Gasteiger partial charge in [0.2, 0.25) is 5.91 Å². The van der Waals surface area contributed by atoms with Gasteiger partial charge in [-0.25, -0.2) is 0 Å². The first-order valence-electron chi connectivity index (χ1n) is 5.20. The summed E-state index contributed by atoms with van der Waals surface area (Å²) in [4.78, 5) is 26.8. The molecule has 1 aliphatic rings. The first kappa shape index (κ1) is 10.7. The van der Waals surface area contributed by atoms with Crippen LogP contribution < -0.4 is 0 Å². The van der Waals surface area contributed by atoms with Crippen molar-refractivity contribution in [2.75, 3.05) is 26.7 Å². The smallest absolute Gasteiger partial charge is 0.257 e. The van der Waals surface area contributed by atoms with E-state index in [-0.39, 0.29) is 18.4 Å². The van der Waals surface area contributed by atoms with Gasteiger partial charge < -0.3 is 9.80 Å². The van der Waals surface area contributed by atoms with E-state index in [1.165, 1.54) is 6.20 Å². The van der Waals surface area contributed by atoms with Crippen molar-refractivity contribution in [3.8, 4) is 0 Å². The van der Waals surface area contributed by atoms with Crippen molar-refractivity contribution in [3.63, 3.8) is 0 Å². The molecule has 6 heteroatoms. The van der Waals surface area contributed by atoms with Gasteiger partial charge in [0.15, 0.2) is 0 Å². The number of H-pyrrole nitrogens is 1. The second-order valence-corrected chi connectivity index (χ2v) is 3.88. The molecule has 0 unspecified atom stereocenters. The molecule has 1 saturated heterocycles. The van der Waals surface area contributed by atoms with Crippen molar-refractivity contribution in [1.82, 2.24) is 20.0 Å². The van der Waals surface area contributed by atoms with Crippen LogP contribution in [0.1, 0.15) is 16.8 Å². The third-order valence-electron chi connectivity index (χ3n) is 2.71. The first-order valence-corrected chi connectivity index (χ1v) is 5.20. The van der Waals surface area contributed by atoms with E-state index in [0.717, 1.165) is 6.42 Å². The minimum absolute atomic E-state index is 0.0191. The molecule has 6 nitrogen and oxygen atoms in total. The molecular weight excluding hydrogens is 208 g/mol. The lowest BCUT2D eigenvalue weighted by molar-refractivity contribution is -0.129. The number of hydrogen-bond donors (Lipinski definition) is 1. The summed E-state index contributed by atoms with van der Waals surface area (Å²) in [7, 11) is 1.76. The molecule has 0 saturated carbocycles. The number of aromatic nitrogens is 2.